The lowest BCUT2D eigenvalue weighted by Crippen LogP contribution is -2.18. The number of halogens is 3. The van der Waals surface area contributed by atoms with Crippen molar-refractivity contribution in [1.82, 2.24) is 0 Å². The van der Waals surface area contributed by atoms with Crippen LogP contribution in [0.25, 0.3) is 0 Å². The molecule has 0 saturated heterocycles. The summed E-state index contributed by atoms with van der Waals surface area (Å²) in [5.74, 6) is -0.0749. The van der Waals surface area contributed by atoms with Crippen LogP contribution in [0.1, 0.15) is 38.5 Å². The third kappa shape index (κ3) is 6.46. The van der Waals surface area contributed by atoms with Crippen LogP contribution in [0.2, 0.25) is 0 Å². The van der Waals surface area contributed by atoms with Crippen molar-refractivity contribution in [2.24, 2.45) is 0 Å². The lowest BCUT2D eigenvalue weighted by molar-refractivity contribution is -0.174. The molecule has 0 atom stereocenters. The van der Waals surface area contributed by atoms with E-state index < -0.39 is 12.8 Å². The molecule has 0 spiro atoms. The molecular formula is C12H17F3O2. The van der Waals surface area contributed by atoms with Crippen LogP contribution < -0.4 is 0 Å². The van der Waals surface area contributed by atoms with Gasteiger partial charge in [-0.2, -0.15) is 13.2 Å². The summed E-state index contributed by atoms with van der Waals surface area (Å²) in [4.78, 5) is 11.6. The van der Waals surface area contributed by atoms with Crippen molar-refractivity contribution >= 4 is 5.78 Å². The van der Waals surface area contributed by atoms with Gasteiger partial charge in [-0.1, -0.05) is 12.5 Å². The Bertz CT molecular complexity index is 282. The molecule has 0 aromatic rings. The highest BCUT2D eigenvalue weighted by molar-refractivity contribution is 5.95. The summed E-state index contributed by atoms with van der Waals surface area (Å²) in [6.45, 7) is -1.44. The van der Waals surface area contributed by atoms with Crippen LogP contribution >= 0.6 is 0 Å². The third-order valence-corrected chi connectivity index (χ3v) is 2.64. The van der Waals surface area contributed by atoms with Gasteiger partial charge in [0, 0.05) is 6.42 Å². The van der Waals surface area contributed by atoms with E-state index >= 15 is 0 Å². The van der Waals surface area contributed by atoms with E-state index in [1.807, 2.05) is 6.08 Å². The number of Topliss-reactive ketones (excluding diaryl/α,β-unsaturated/α-hetero) is 1. The van der Waals surface area contributed by atoms with E-state index in [9.17, 15) is 18.0 Å². The zero-order chi connectivity index (χ0) is 12.7. The normalized spacial score (nSPS) is 17.5. The molecule has 17 heavy (non-hydrogen) atoms. The molecule has 2 nitrogen and oxygen atoms in total. The van der Waals surface area contributed by atoms with Crippen molar-refractivity contribution in [3.63, 3.8) is 0 Å². The first-order chi connectivity index (χ1) is 7.99. The fourth-order valence-electron chi connectivity index (χ4n) is 1.78. The summed E-state index contributed by atoms with van der Waals surface area (Å²) in [6.07, 6.45) is 2.47. The fourth-order valence-corrected chi connectivity index (χ4v) is 1.78. The minimum Gasteiger partial charge on any atom is -0.372 e. The molecule has 0 aliphatic heterocycles. The van der Waals surface area contributed by atoms with Crippen molar-refractivity contribution in [1.29, 1.82) is 0 Å². The lowest BCUT2D eigenvalue weighted by Gasteiger charge is -2.08. The number of hydrogen-bond donors (Lipinski definition) is 0. The Morgan fingerprint density at radius 2 is 2.06 bits per heavy atom. The van der Waals surface area contributed by atoms with Gasteiger partial charge in [0.15, 0.2) is 5.78 Å². The maximum atomic E-state index is 11.8. The van der Waals surface area contributed by atoms with Crippen LogP contribution in [0.15, 0.2) is 11.6 Å². The summed E-state index contributed by atoms with van der Waals surface area (Å²) in [5, 5.41) is 0. The molecule has 1 rings (SSSR count). The largest absolute Gasteiger partial charge is 0.411 e. The molecule has 0 aromatic carbocycles. The molecule has 1 aliphatic carbocycles. The summed E-state index contributed by atoms with van der Waals surface area (Å²) < 4.78 is 39.7. The lowest BCUT2D eigenvalue weighted by atomic mass is 10.0. The quantitative estimate of drug-likeness (QED) is 0.699. The Labute approximate surface area is 98.8 Å². The van der Waals surface area contributed by atoms with E-state index in [0.717, 1.165) is 37.7 Å². The van der Waals surface area contributed by atoms with Crippen LogP contribution in [-0.4, -0.2) is 25.2 Å². The molecule has 0 heterocycles. The maximum Gasteiger partial charge on any atom is 0.411 e. The number of alkyl halides is 3. The Hall–Kier alpha value is -0.840. The summed E-state index contributed by atoms with van der Waals surface area (Å²) in [5.41, 5.74) is 0.762. The Balaban J connectivity index is 2.22. The molecule has 5 heteroatoms. The van der Waals surface area contributed by atoms with Gasteiger partial charge >= 0.3 is 6.18 Å². The monoisotopic (exact) mass is 250 g/mol. The van der Waals surface area contributed by atoms with Gasteiger partial charge < -0.3 is 4.74 Å². The number of allylic oxidation sites excluding steroid dienone is 2. The number of carbonyl (C=O) groups is 1. The minimum atomic E-state index is -4.31. The smallest absolute Gasteiger partial charge is 0.372 e. The van der Waals surface area contributed by atoms with Crippen LogP contribution in [0.3, 0.4) is 0 Å². The highest BCUT2D eigenvalue weighted by atomic mass is 19.4. The molecular weight excluding hydrogens is 233 g/mol. The molecule has 0 aromatic heterocycles. The molecule has 0 bridgehead atoms. The van der Waals surface area contributed by atoms with Crippen LogP contribution in [0.4, 0.5) is 13.2 Å². The first-order valence-corrected chi connectivity index (χ1v) is 5.86. The van der Waals surface area contributed by atoms with Crippen LogP contribution in [-0.2, 0) is 9.53 Å². The molecule has 1 aliphatic rings. The van der Waals surface area contributed by atoms with Gasteiger partial charge in [0.25, 0.3) is 0 Å². The van der Waals surface area contributed by atoms with Crippen molar-refractivity contribution in [3.05, 3.63) is 11.6 Å². The maximum absolute atomic E-state index is 11.8. The van der Waals surface area contributed by atoms with E-state index in [4.69, 9.17) is 0 Å². The first kappa shape index (κ1) is 14.2. The number of ether oxygens (including phenoxy) is 1. The summed E-state index contributed by atoms with van der Waals surface area (Å²) >= 11 is 0. The zero-order valence-electron chi connectivity index (χ0n) is 9.68. The van der Waals surface area contributed by atoms with Gasteiger partial charge in [-0.3, -0.25) is 4.79 Å². The van der Waals surface area contributed by atoms with E-state index in [-0.39, 0.29) is 18.8 Å². The second-order valence-corrected chi connectivity index (χ2v) is 4.17. The Kier molecular flexibility index (Phi) is 5.68. The number of carbonyl (C=O) groups excluding carboxylic acids is 1. The second kappa shape index (κ2) is 6.79. The standard InChI is InChI=1S/C12H17F3O2/c13-12(14,15)9-17-8-7-11(16)10-5-3-1-2-4-6-10/h5H,1-4,6-9H2. The predicted molar refractivity (Wildman–Crippen MR) is 57.7 cm³/mol. The van der Waals surface area contributed by atoms with Gasteiger partial charge in [0.1, 0.15) is 6.61 Å². The summed E-state index contributed by atoms with van der Waals surface area (Å²) in [6, 6.07) is 0. The first-order valence-electron chi connectivity index (χ1n) is 5.86. The second-order valence-electron chi connectivity index (χ2n) is 4.17. The van der Waals surface area contributed by atoms with Crippen molar-refractivity contribution < 1.29 is 22.7 Å². The SMILES string of the molecule is O=C(CCOCC(F)(F)F)C1=CCCCCC1. The van der Waals surface area contributed by atoms with E-state index in [1.54, 1.807) is 0 Å². The molecule has 0 amide bonds. The average Bonchev–Trinajstić information content (AvgIpc) is 2.51. The average molecular weight is 250 g/mol. The molecule has 0 N–H and O–H groups in total. The summed E-state index contributed by atoms with van der Waals surface area (Å²) in [7, 11) is 0. The number of hydrogen-bond acceptors (Lipinski definition) is 2. The molecule has 0 saturated carbocycles. The van der Waals surface area contributed by atoms with Crippen molar-refractivity contribution in [2.45, 2.75) is 44.7 Å². The van der Waals surface area contributed by atoms with Crippen LogP contribution in [0, 0.1) is 0 Å². The third-order valence-electron chi connectivity index (χ3n) is 2.64. The zero-order valence-corrected chi connectivity index (χ0v) is 9.68. The fraction of sp³-hybridized carbons (Fsp3) is 0.750. The van der Waals surface area contributed by atoms with Gasteiger partial charge in [0.2, 0.25) is 0 Å². The molecule has 0 radical (unpaired) electrons. The number of ketones is 1. The van der Waals surface area contributed by atoms with Crippen molar-refractivity contribution in [2.75, 3.05) is 13.2 Å². The van der Waals surface area contributed by atoms with Gasteiger partial charge in [-0.25, -0.2) is 0 Å². The molecule has 0 unspecified atom stereocenters. The van der Waals surface area contributed by atoms with Crippen LogP contribution in [0.5, 0.6) is 0 Å². The molecule has 0 fully saturated rings. The topological polar surface area (TPSA) is 26.3 Å². The highest BCUT2D eigenvalue weighted by Gasteiger charge is 2.27. The number of rotatable bonds is 5. The Morgan fingerprint density at radius 1 is 1.29 bits per heavy atom. The van der Waals surface area contributed by atoms with E-state index in [2.05, 4.69) is 4.74 Å². The van der Waals surface area contributed by atoms with E-state index in [0.29, 0.717) is 0 Å². The van der Waals surface area contributed by atoms with Crippen molar-refractivity contribution in [3.8, 4) is 0 Å². The van der Waals surface area contributed by atoms with Gasteiger partial charge in [-0.15, -0.1) is 0 Å². The van der Waals surface area contributed by atoms with Gasteiger partial charge in [0.05, 0.1) is 6.61 Å². The predicted octanol–water partition coefficient (Wildman–Crippen LogP) is 3.42. The Morgan fingerprint density at radius 3 is 2.76 bits per heavy atom. The minimum absolute atomic E-state index is 0.0436. The highest BCUT2D eigenvalue weighted by Crippen LogP contribution is 2.19. The molecule has 98 valence electrons. The van der Waals surface area contributed by atoms with Gasteiger partial charge in [-0.05, 0) is 31.3 Å². The van der Waals surface area contributed by atoms with E-state index in [1.165, 1.54) is 0 Å².